The predicted molar refractivity (Wildman–Crippen MR) is 114 cm³/mol. The van der Waals surface area contributed by atoms with Crippen molar-refractivity contribution in [2.24, 2.45) is 0 Å². The first kappa shape index (κ1) is 17.9. The molecule has 0 bridgehead atoms. The highest BCUT2D eigenvalue weighted by Gasteiger charge is 2.28. The highest BCUT2D eigenvalue weighted by atomic mass is 32.2. The average Bonchev–Trinajstić information content (AvgIpc) is 3.26. The van der Waals surface area contributed by atoms with Crippen LogP contribution in [0.3, 0.4) is 0 Å². The minimum absolute atomic E-state index is 0.234. The summed E-state index contributed by atoms with van der Waals surface area (Å²) in [5.41, 5.74) is 3.19. The summed E-state index contributed by atoms with van der Waals surface area (Å²) in [5, 5.41) is 4.63. The van der Waals surface area contributed by atoms with Crippen LogP contribution in [0.2, 0.25) is 0 Å². The number of aryl methyl sites for hydroxylation is 2. The molecule has 6 nitrogen and oxygen atoms in total. The van der Waals surface area contributed by atoms with Gasteiger partial charge < -0.3 is 5.32 Å². The number of nitrogens with one attached hydrogen (secondary N) is 1. The van der Waals surface area contributed by atoms with Gasteiger partial charge in [0.1, 0.15) is 17.0 Å². The lowest BCUT2D eigenvalue weighted by Crippen LogP contribution is -2.25. The van der Waals surface area contributed by atoms with Crippen molar-refractivity contribution < 1.29 is 8.42 Å². The molecule has 0 unspecified atom stereocenters. The molecule has 1 saturated heterocycles. The third-order valence-corrected chi connectivity index (χ3v) is 8.58. The Morgan fingerprint density at radius 1 is 1.14 bits per heavy atom. The maximum absolute atomic E-state index is 12.2. The van der Waals surface area contributed by atoms with Crippen LogP contribution in [-0.4, -0.2) is 30.7 Å². The van der Waals surface area contributed by atoms with Crippen molar-refractivity contribution in [2.75, 3.05) is 21.9 Å². The highest BCUT2D eigenvalue weighted by molar-refractivity contribution is 7.93. The fourth-order valence-corrected chi connectivity index (χ4v) is 6.95. The normalized spacial score (nSPS) is 18.4. The lowest BCUT2D eigenvalue weighted by Gasteiger charge is -2.18. The smallest absolute Gasteiger partial charge is 0.235 e. The molecule has 1 N–H and O–H groups in total. The molecule has 8 heteroatoms. The van der Waals surface area contributed by atoms with E-state index < -0.39 is 10.0 Å². The fraction of sp³-hybridized carbons (Fsp3) is 0.400. The summed E-state index contributed by atoms with van der Waals surface area (Å²) >= 11 is 1.79. The number of anilines is 2. The number of hydrogen-bond donors (Lipinski definition) is 1. The summed E-state index contributed by atoms with van der Waals surface area (Å²) in [7, 11) is -3.16. The number of hydrogen-bond acceptors (Lipinski definition) is 6. The monoisotopic (exact) mass is 414 g/mol. The molecular formula is C20H22N4O2S2. The standard InChI is InChI=1S/C20H22N4O2S2/c25-28(26)10-4-9-24(28)15-6-3-5-14(11-15)12-21-19-18-16-7-1-2-8-17(16)27-20(18)23-13-22-19/h3,5-6,11,13H,1-2,4,7-10,12H2,(H,21,22,23). The van der Waals surface area contributed by atoms with Crippen LogP contribution >= 0.6 is 11.3 Å². The van der Waals surface area contributed by atoms with Crippen molar-refractivity contribution in [2.45, 2.75) is 38.6 Å². The van der Waals surface area contributed by atoms with Crippen LogP contribution in [0, 0.1) is 0 Å². The van der Waals surface area contributed by atoms with Gasteiger partial charge in [0.25, 0.3) is 0 Å². The van der Waals surface area contributed by atoms with E-state index in [0.29, 0.717) is 19.5 Å². The van der Waals surface area contributed by atoms with Crippen molar-refractivity contribution in [1.29, 1.82) is 0 Å². The Hall–Kier alpha value is -2.19. The van der Waals surface area contributed by atoms with Crippen LogP contribution in [0.15, 0.2) is 30.6 Å². The third-order valence-electron chi connectivity index (χ3n) is 5.51. The minimum Gasteiger partial charge on any atom is -0.365 e. The van der Waals surface area contributed by atoms with E-state index in [1.807, 2.05) is 24.3 Å². The number of fused-ring (bicyclic) bond motifs is 3. The first-order valence-corrected chi connectivity index (χ1v) is 12.1. The number of benzene rings is 1. The van der Waals surface area contributed by atoms with Crippen LogP contribution in [0.25, 0.3) is 10.2 Å². The van der Waals surface area contributed by atoms with E-state index in [-0.39, 0.29) is 5.75 Å². The Kier molecular flexibility index (Phi) is 4.47. The Balaban J connectivity index is 1.41. The van der Waals surface area contributed by atoms with Gasteiger partial charge in [-0.25, -0.2) is 18.4 Å². The van der Waals surface area contributed by atoms with Crippen molar-refractivity contribution in [3.63, 3.8) is 0 Å². The van der Waals surface area contributed by atoms with Gasteiger partial charge in [-0.3, -0.25) is 4.31 Å². The SMILES string of the molecule is O=S1(=O)CCCN1c1cccc(CNc2ncnc3sc4c(c23)CCCC4)c1. The summed E-state index contributed by atoms with van der Waals surface area (Å²) in [6.45, 7) is 1.16. The van der Waals surface area contributed by atoms with Gasteiger partial charge in [-0.15, -0.1) is 11.3 Å². The number of aromatic nitrogens is 2. The Morgan fingerprint density at radius 3 is 2.89 bits per heavy atom. The molecule has 2 aliphatic rings. The third kappa shape index (κ3) is 3.14. The summed E-state index contributed by atoms with van der Waals surface area (Å²) in [6.07, 6.45) is 7.02. The number of thiophene rings is 1. The van der Waals surface area contributed by atoms with Crippen LogP contribution in [0.4, 0.5) is 11.5 Å². The van der Waals surface area contributed by atoms with Crippen molar-refractivity contribution in [3.8, 4) is 0 Å². The van der Waals surface area contributed by atoms with Crippen molar-refractivity contribution in [1.82, 2.24) is 9.97 Å². The molecule has 5 rings (SSSR count). The molecule has 1 aliphatic carbocycles. The van der Waals surface area contributed by atoms with E-state index in [4.69, 9.17) is 0 Å². The maximum Gasteiger partial charge on any atom is 0.235 e. The van der Waals surface area contributed by atoms with E-state index in [1.165, 1.54) is 33.0 Å². The molecule has 0 amide bonds. The number of nitrogens with zero attached hydrogens (tertiary/aromatic N) is 3. The molecule has 3 heterocycles. The van der Waals surface area contributed by atoms with Crippen LogP contribution in [0.5, 0.6) is 0 Å². The summed E-state index contributed by atoms with van der Waals surface area (Å²) in [5.74, 6) is 1.11. The largest absolute Gasteiger partial charge is 0.365 e. The molecule has 0 radical (unpaired) electrons. The van der Waals surface area contributed by atoms with Gasteiger partial charge in [0.2, 0.25) is 10.0 Å². The van der Waals surface area contributed by atoms with Gasteiger partial charge in [-0.05, 0) is 55.4 Å². The average molecular weight is 415 g/mol. The summed E-state index contributed by atoms with van der Waals surface area (Å²) < 4.78 is 25.9. The molecule has 28 heavy (non-hydrogen) atoms. The molecule has 0 atom stereocenters. The van der Waals surface area contributed by atoms with Crippen LogP contribution in [0.1, 0.15) is 35.3 Å². The quantitative estimate of drug-likeness (QED) is 0.704. The molecule has 0 spiro atoms. The molecule has 1 aliphatic heterocycles. The molecule has 2 aromatic heterocycles. The topological polar surface area (TPSA) is 75.2 Å². The van der Waals surface area contributed by atoms with Gasteiger partial charge in [0, 0.05) is 18.0 Å². The second-order valence-electron chi connectivity index (χ2n) is 7.38. The zero-order valence-corrected chi connectivity index (χ0v) is 17.2. The van der Waals surface area contributed by atoms with E-state index >= 15 is 0 Å². The van der Waals surface area contributed by atoms with Crippen molar-refractivity contribution in [3.05, 3.63) is 46.6 Å². The van der Waals surface area contributed by atoms with Crippen LogP contribution < -0.4 is 9.62 Å². The Bertz CT molecular complexity index is 1140. The second kappa shape index (κ2) is 7.00. The van der Waals surface area contributed by atoms with E-state index in [9.17, 15) is 8.42 Å². The molecule has 146 valence electrons. The zero-order chi connectivity index (χ0) is 19.1. The zero-order valence-electron chi connectivity index (χ0n) is 15.5. The maximum atomic E-state index is 12.2. The highest BCUT2D eigenvalue weighted by Crippen LogP contribution is 2.38. The van der Waals surface area contributed by atoms with Gasteiger partial charge in [0.05, 0.1) is 16.8 Å². The lowest BCUT2D eigenvalue weighted by atomic mass is 9.97. The van der Waals surface area contributed by atoms with Gasteiger partial charge in [-0.1, -0.05) is 12.1 Å². The minimum atomic E-state index is -3.16. The molecule has 0 saturated carbocycles. The second-order valence-corrected chi connectivity index (χ2v) is 10.5. The fourth-order valence-electron chi connectivity index (χ4n) is 4.16. The van der Waals surface area contributed by atoms with E-state index in [0.717, 1.165) is 34.7 Å². The first-order chi connectivity index (χ1) is 13.6. The summed E-state index contributed by atoms with van der Waals surface area (Å²) in [4.78, 5) is 11.5. The van der Waals surface area contributed by atoms with Gasteiger partial charge in [-0.2, -0.15) is 0 Å². The lowest BCUT2D eigenvalue weighted by molar-refractivity contribution is 0.599. The van der Waals surface area contributed by atoms with Crippen LogP contribution in [-0.2, 0) is 29.4 Å². The van der Waals surface area contributed by atoms with Crippen molar-refractivity contribution >= 4 is 43.1 Å². The molecule has 1 aromatic carbocycles. The predicted octanol–water partition coefficient (Wildman–Crippen LogP) is 3.72. The van der Waals surface area contributed by atoms with E-state index in [1.54, 1.807) is 17.7 Å². The summed E-state index contributed by atoms with van der Waals surface area (Å²) in [6, 6.07) is 7.75. The Morgan fingerprint density at radius 2 is 2.04 bits per heavy atom. The molecular weight excluding hydrogens is 392 g/mol. The van der Waals surface area contributed by atoms with E-state index in [2.05, 4.69) is 15.3 Å². The number of rotatable bonds is 4. The van der Waals surface area contributed by atoms with Gasteiger partial charge >= 0.3 is 0 Å². The Labute approximate surface area is 168 Å². The molecule has 1 fully saturated rings. The number of sulfonamides is 1. The first-order valence-electron chi connectivity index (χ1n) is 9.70. The van der Waals surface area contributed by atoms with Gasteiger partial charge in [0.15, 0.2) is 0 Å². The molecule has 3 aromatic rings.